The highest BCUT2D eigenvalue weighted by Crippen LogP contribution is 2.17. The van der Waals surface area contributed by atoms with E-state index in [-0.39, 0.29) is 0 Å². The minimum Gasteiger partial charge on any atom is -0.357 e. The van der Waals surface area contributed by atoms with Crippen molar-refractivity contribution in [3.63, 3.8) is 0 Å². The number of rotatable bonds is 6. The lowest BCUT2D eigenvalue weighted by molar-refractivity contribution is 0.459. The summed E-state index contributed by atoms with van der Waals surface area (Å²) < 4.78 is 2.09. The lowest BCUT2D eigenvalue weighted by atomic mass is 10.1. The van der Waals surface area contributed by atoms with E-state index in [9.17, 15) is 0 Å². The van der Waals surface area contributed by atoms with Gasteiger partial charge in [-0.25, -0.2) is 9.97 Å². The molecule has 4 rings (SSSR count). The molecule has 1 fully saturated rings. The highest BCUT2D eigenvalue weighted by atomic mass is 15.2. The quantitative estimate of drug-likeness (QED) is 0.488. The van der Waals surface area contributed by atoms with Gasteiger partial charge in [-0.3, -0.25) is 4.99 Å². The smallest absolute Gasteiger partial charge is 0.191 e. The summed E-state index contributed by atoms with van der Waals surface area (Å²) in [6.45, 7) is 7.78. The number of guanidine groups is 1. The number of anilines is 1. The third kappa shape index (κ3) is 4.90. The predicted octanol–water partition coefficient (Wildman–Crippen LogP) is 2.80. The molecule has 1 aliphatic heterocycles. The van der Waals surface area contributed by atoms with Crippen molar-refractivity contribution in [1.29, 1.82) is 0 Å². The van der Waals surface area contributed by atoms with Crippen LogP contribution >= 0.6 is 0 Å². The molecule has 2 N–H and O–H groups in total. The number of nitrogens with one attached hydrogen (secondary N) is 2. The fourth-order valence-electron chi connectivity index (χ4n) is 3.91. The normalized spacial score (nSPS) is 15.5. The van der Waals surface area contributed by atoms with E-state index < -0.39 is 0 Å². The van der Waals surface area contributed by atoms with Gasteiger partial charge in [0.25, 0.3) is 0 Å². The fraction of sp³-hybridized carbons (Fsp3) is 0.435. The zero-order chi connectivity index (χ0) is 20.8. The van der Waals surface area contributed by atoms with Gasteiger partial charge < -0.3 is 19.9 Å². The molecule has 0 radical (unpaired) electrons. The number of fused-ring (bicyclic) bond motifs is 1. The summed E-state index contributed by atoms with van der Waals surface area (Å²) in [5.41, 5.74) is 3.30. The van der Waals surface area contributed by atoms with Crippen LogP contribution in [0, 0.1) is 6.92 Å². The van der Waals surface area contributed by atoms with Crippen LogP contribution < -0.4 is 15.5 Å². The molecule has 1 saturated heterocycles. The van der Waals surface area contributed by atoms with Crippen molar-refractivity contribution in [2.45, 2.75) is 39.2 Å². The summed E-state index contributed by atoms with van der Waals surface area (Å²) in [5.74, 6) is 1.97. The van der Waals surface area contributed by atoms with E-state index >= 15 is 0 Å². The standard InChI is InChI=1S/C23H31N7/c1-3-24-23(26-13-9-20-17-30-14-6-7-18(2)22(30)27-20)28-19-10-15-29(16-11-19)21-8-4-5-12-25-21/h4-8,12,14,17,19H,3,9-11,13,15-16H2,1-2H3,(H2,24,26,28). The zero-order valence-corrected chi connectivity index (χ0v) is 17.9. The number of nitrogens with zero attached hydrogens (tertiary/aromatic N) is 5. The SMILES string of the molecule is CCNC(=NCCc1cn2cccc(C)c2n1)NC1CCN(c2ccccn2)CC1. The maximum Gasteiger partial charge on any atom is 0.191 e. The van der Waals surface area contributed by atoms with Gasteiger partial charge in [0, 0.05) is 57.2 Å². The van der Waals surface area contributed by atoms with E-state index in [1.54, 1.807) is 0 Å². The molecular formula is C23H31N7. The average molecular weight is 406 g/mol. The van der Waals surface area contributed by atoms with Gasteiger partial charge in [0.1, 0.15) is 11.5 Å². The Bertz CT molecular complexity index is 972. The Morgan fingerprint density at radius 3 is 2.80 bits per heavy atom. The van der Waals surface area contributed by atoms with Gasteiger partial charge in [-0.1, -0.05) is 12.1 Å². The van der Waals surface area contributed by atoms with Crippen LogP contribution in [0.15, 0.2) is 53.9 Å². The Morgan fingerprint density at radius 2 is 2.07 bits per heavy atom. The van der Waals surface area contributed by atoms with Crippen LogP contribution in [0.4, 0.5) is 5.82 Å². The number of hydrogen-bond donors (Lipinski definition) is 2. The Morgan fingerprint density at radius 1 is 1.20 bits per heavy atom. The van der Waals surface area contributed by atoms with Crippen LogP contribution in [-0.4, -0.2) is 52.5 Å². The fourth-order valence-corrected chi connectivity index (χ4v) is 3.91. The lowest BCUT2D eigenvalue weighted by Crippen LogP contribution is -2.49. The van der Waals surface area contributed by atoms with Gasteiger partial charge in [-0.15, -0.1) is 0 Å². The van der Waals surface area contributed by atoms with Crippen LogP contribution in [0.2, 0.25) is 0 Å². The van der Waals surface area contributed by atoms with E-state index in [0.717, 1.165) is 62.0 Å². The summed E-state index contributed by atoms with van der Waals surface area (Å²) >= 11 is 0. The highest BCUT2D eigenvalue weighted by Gasteiger charge is 2.20. The van der Waals surface area contributed by atoms with Crippen molar-refractivity contribution in [1.82, 2.24) is 25.0 Å². The first-order chi connectivity index (χ1) is 14.7. The van der Waals surface area contributed by atoms with Gasteiger partial charge in [0.05, 0.1) is 5.69 Å². The molecule has 30 heavy (non-hydrogen) atoms. The molecule has 3 aromatic heterocycles. The predicted molar refractivity (Wildman–Crippen MR) is 122 cm³/mol. The summed E-state index contributed by atoms with van der Waals surface area (Å²) in [6, 6.07) is 10.7. The summed E-state index contributed by atoms with van der Waals surface area (Å²) in [7, 11) is 0. The molecule has 4 heterocycles. The summed E-state index contributed by atoms with van der Waals surface area (Å²) in [5, 5.41) is 7.00. The van der Waals surface area contributed by atoms with Crippen molar-refractivity contribution in [3.05, 3.63) is 60.2 Å². The molecule has 0 unspecified atom stereocenters. The molecule has 1 aliphatic rings. The first-order valence-electron chi connectivity index (χ1n) is 10.9. The van der Waals surface area contributed by atoms with Crippen molar-refractivity contribution >= 4 is 17.4 Å². The Kier molecular flexibility index (Phi) is 6.47. The highest BCUT2D eigenvalue weighted by molar-refractivity contribution is 5.80. The number of aliphatic imine (C=N–C) groups is 1. The Balaban J connectivity index is 1.31. The first-order valence-corrected chi connectivity index (χ1v) is 10.9. The molecule has 0 atom stereocenters. The van der Waals surface area contributed by atoms with Gasteiger partial charge >= 0.3 is 0 Å². The number of aryl methyl sites for hydroxylation is 1. The van der Waals surface area contributed by atoms with E-state index in [1.807, 2.05) is 24.5 Å². The topological polar surface area (TPSA) is 69.8 Å². The molecule has 0 aromatic carbocycles. The summed E-state index contributed by atoms with van der Waals surface area (Å²) in [4.78, 5) is 16.4. The molecule has 3 aromatic rings. The van der Waals surface area contributed by atoms with Crippen LogP contribution in [0.25, 0.3) is 5.65 Å². The minimum absolute atomic E-state index is 0.431. The molecule has 0 amide bonds. The van der Waals surface area contributed by atoms with E-state index in [4.69, 9.17) is 9.98 Å². The van der Waals surface area contributed by atoms with Gasteiger partial charge in [-0.2, -0.15) is 0 Å². The lowest BCUT2D eigenvalue weighted by Gasteiger charge is -2.33. The minimum atomic E-state index is 0.431. The molecule has 0 saturated carbocycles. The monoisotopic (exact) mass is 405 g/mol. The number of imidazole rings is 1. The number of piperidine rings is 1. The molecule has 0 spiro atoms. The maximum absolute atomic E-state index is 4.79. The van der Waals surface area contributed by atoms with Crippen molar-refractivity contribution in [2.75, 3.05) is 31.1 Å². The van der Waals surface area contributed by atoms with E-state index in [2.05, 4.69) is 63.2 Å². The van der Waals surface area contributed by atoms with Gasteiger partial charge in [0.15, 0.2) is 5.96 Å². The second-order valence-corrected chi connectivity index (χ2v) is 7.76. The second kappa shape index (κ2) is 9.61. The molecule has 0 bridgehead atoms. The van der Waals surface area contributed by atoms with Crippen LogP contribution in [0.5, 0.6) is 0 Å². The third-order valence-corrected chi connectivity index (χ3v) is 5.52. The van der Waals surface area contributed by atoms with Crippen LogP contribution in [0.1, 0.15) is 31.0 Å². The average Bonchev–Trinajstić information content (AvgIpc) is 3.19. The number of hydrogen-bond acceptors (Lipinski definition) is 4. The van der Waals surface area contributed by atoms with Gasteiger partial charge in [-0.05, 0) is 50.5 Å². The second-order valence-electron chi connectivity index (χ2n) is 7.76. The first kappa shape index (κ1) is 20.2. The van der Waals surface area contributed by atoms with Crippen molar-refractivity contribution < 1.29 is 0 Å². The Hall–Kier alpha value is -3.09. The number of aromatic nitrogens is 3. The van der Waals surface area contributed by atoms with Gasteiger partial charge in [0.2, 0.25) is 0 Å². The molecule has 7 nitrogen and oxygen atoms in total. The molecule has 7 heteroatoms. The van der Waals surface area contributed by atoms with E-state index in [1.165, 1.54) is 5.56 Å². The largest absolute Gasteiger partial charge is 0.357 e. The summed E-state index contributed by atoms with van der Waals surface area (Å²) in [6.07, 6.45) is 8.99. The van der Waals surface area contributed by atoms with Crippen molar-refractivity contribution in [3.8, 4) is 0 Å². The molecular weight excluding hydrogens is 374 g/mol. The molecule has 158 valence electrons. The number of pyridine rings is 2. The van der Waals surface area contributed by atoms with E-state index in [0.29, 0.717) is 12.6 Å². The van der Waals surface area contributed by atoms with Crippen LogP contribution in [-0.2, 0) is 6.42 Å². The third-order valence-electron chi connectivity index (χ3n) is 5.52. The molecule has 0 aliphatic carbocycles. The van der Waals surface area contributed by atoms with Crippen LogP contribution in [0.3, 0.4) is 0 Å². The maximum atomic E-state index is 4.79. The van der Waals surface area contributed by atoms with Crippen molar-refractivity contribution in [2.24, 2.45) is 4.99 Å². The zero-order valence-electron chi connectivity index (χ0n) is 17.9. The Labute approximate surface area is 178 Å².